The normalized spacial score (nSPS) is 22.1. The first-order valence-corrected chi connectivity index (χ1v) is 7.04. The van der Waals surface area contributed by atoms with Crippen LogP contribution < -0.4 is 5.32 Å². The lowest BCUT2D eigenvalue weighted by Gasteiger charge is -2.10. The van der Waals surface area contributed by atoms with E-state index in [9.17, 15) is 9.59 Å². The number of benzene rings is 1. The average molecular weight is 275 g/mol. The molecule has 0 aliphatic heterocycles. The van der Waals surface area contributed by atoms with Gasteiger partial charge in [-0.1, -0.05) is 31.2 Å². The van der Waals surface area contributed by atoms with Crippen molar-refractivity contribution in [2.45, 2.75) is 32.6 Å². The average Bonchev–Trinajstić information content (AvgIpc) is 3.16. The maximum Gasteiger partial charge on any atom is 0.303 e. The van der Waals surface area contributed by atoms with Crippen LogP contribution in [-0.4, -0.2) is 23.5 Å². The minimum atomic E-state index is -0.823. The fraction of sp³-hybridized carbons (Fsp3) is 0.500. The number of nitrogens with one attached hydrogen (secondary N) is 1. The van der Waals surface area contributed by atoms with E-state index in [-0.39, 0.29) is 24.2 Å². The van der Waals surface area contributed by atoms with Crippen molar-refractivity contribution in [3.63, 3.8) is 0 Å². The number of hydrogen-bond acceptors (Lipinski definition) is 2. The molecule has 0 radical (unpaired) electrons. The van der Waals surface area contributed by atoms with Crippen molar-refractivity contribution < 1.29 is 14.7 Å². The highest BCUT2D eigenvalue weighted by atomic mass is 16.4. The predicted octanol–water partition coefficient (Wildman–Crippen LogP) is 2.33. The summed E-state index contributed by atoms with van der Waals surface area (Å²) in [6.45, 7) is 4.33. The van der Waals surface area contributed by atoms with Crippen molar-refractivity contribution in [3.8, 4) is 0 Å². The molecule has 1 aliphatic carbocycles. The molecular weight excluding hydrogens is 254 g/mol. The molecule has 0 aromatic heterocycles. The molecule has 4 nitrogen and oxygen atoms in total. The molecule has 1 aromatic rings. The molecule has 1 aromatic carbocycles. The van der Waals surface area contributed by atoms with E-state index in [0.717, 1.165) is 6.42 Å². The van der Waals surface area contributed by atoms with E-state index in [0.29, 0.717) is 12.5 Å². The lowest BCUT2D eigenvalue weighted by atomic mass is 10.0. The van der Waals surface area contributed by atoms with Gasteiger partial charge in [0, 0.05) is 18.9 Å². The molecule has 0 spiro atoms. The molecule has 1 aliphatic rings. The standard InChI is InChI=1S/C16H21NO3/c1-10(7-15(18)19)9-17-16(20)14-8-13(14)12-6-4-3-5-11(12)2/h3-6,10,13-14H,7-9H2,1-2H3,(H,17,20)(H,18,19). The Bertz CT molecular complexity index is 512. The van der Waals surface area contributed by atoms with Gasteiger partial charge < -0.3 is 10.4 Å². The van der Waals surface area contributed by atoms with Crippen LogP contribution in [-0.2, 0) is 9.59 Å². The third kappa shape index (κ3) is 3.59. The Morgan fingerprint density at radius 2 is 2.10 bits per heavy atom. The summed E-state index contributed by atoms with van der Waals surface area (Å²) in [5, 5.41) is 11.5. The third-order valence-corrected chi connectivity index (χ3v) is 3.86. The summed E-state index contributed by atoms with van der Waals surface area (Å²) in [5.41, 5.74) is 2.48. The van der Waals surface area contributed by atoms with E-state index in [2.05, 4.69) is 24.4 Å². The number of hydrogen-bond donors (Lipinski definition) is 2. The molecule has 0 heterocycles. The van der Waals surface area contributed by atoms with Crippen LogP contribution in [0.1, 0.15) is 36.8 Å². The van der Waals surface area contributed by atoms with Crippen molar-refractivity contribution in [2.24, 2.45) is 11.8 Å². The zero-order valence-electron chi connectivity index (χ0n) is 11.9. The van der Waals surface area contributed by atoms with Crippen LogP contribution in [0.25, 0.3) is 0 Å². The van der Waals surface area contributed by atoms with Gasteiger partial charge in [-0.15, -0.1) is 0 Å². The van der Waals surface area contributed by atoms with Crippen molar-refractivity contribution >= 4 is 11.9 Å². The third-order valence-electron chi connectivity index (χ3n) is 3.86. The molecular formula is C16H21NO3. The number of carbonyl (C=O) groups excluding carboxylic acids is 1. The number of aliphatic carboxylic acids is 1. The summed E-state index contributed by atoms with van der Waals surface area (Å²) in [4.78, 5) is 22.6. The first-order valence-electron chi connectivity index (χ1n) is 7.04. The van der Waals surface area contributed by atoms with Gasteiger partial charge in [0.1, 0.15) is 0 Å². The minimum absolute atomic E-state index is 0.0351. The zero-order valence-corrected chi connectivity index (χ0v) is 11.9. The predicted molar refractivity (Wildman–Crippen MR) is 76.5 cm³/mol. The van der Waals surface area contributed by atoms with E-state index in [1.165, 1.54) is 11.1 Å². The largest absolute Gasteiger partial charge is 0.481 e. The molecule has 1 saturated carbocycles. The summed E-state index contributed by atoms with van der Waals surface area (Å²) in [5.74, 6) is -0.433. The molecule has 1 amide bonds. The van der Waals surface area contributed by atoms with Crippen LogP contribution in [0, 0.1) is 18.8 Å². The Hall–Kier alpha value is -1.84. The highest BCUT2D eigenvalue weighted by Gasteiger charge is 2.44. The Morgan fingerprint density at radius 1 is 1.40 bits per heavy atom. The number of rotatable bonds is 6. The summed E-state index contributed by atoms with van der Waals surface area (Å²) in [6, 6.07) is 8.16. The second kappa shape index (κ2) is 6.07. The monoisotopic (exact) mass is 275 g/mol. The molecule has 2 N–H and O–H groups in total. The number of aryl methyl sites for hydroxylation is 1. The zero-order chi connectivity index (χ0) is 14.7. The van der Waals surface area contributed by atoms with E-state index in [1.54, 1.807) is 0 Å². The Balaban J connectivity index is 1.82. The second-order valence-corrected chi connectivity index (χ2v) is 5.75. The number of carbonyl (C=O) groups is 2. The smallest absolute Gasteiger partial charge is 0.303 e. The molecule has 3 unspecified atom stereocenters. The van der Waals surface area contributed by atoms with Gasteiger partial charge >= 0.3 is 5.97 Å². The SMILES string of the molecule is Cc1ccccc1C1CC1C(=O)NCC(C)CC(=O)O. The molecule has 3 atom stereocenters. The minimum Gasteiger partial charge on any atom is -0.481 e. The molecule has 0 saturated heterocycles. The van der Waals surface area contributed by atoms with E-state index in [1.807, 2.05) is 19.1 Å². The Kier molecular flexibility index (Phi) is 4.42. The fourth-order valence-electron chi connectivity index (χ4n) is 2.61. The van der Waals surface area contributed by atoms with Gasteiger partial charge in [0.25, 0.3) is 0 Å². The summed E-state index contributed by atoms with van der Waals surface area (Å²) >= 11 is 0. The highest BCUT2D eigenvalue weighted by Crippen LogP contribution is 2.48. The van der Waals surface area contributed by atoms with Crippen LogP contribution >= 0.6 is 0 Å². The quantitative estimate of drug-likeness (QED) is 0.837. The van der Waals surface area contributed by atoms with Gasteiger partial charge in [0.2, 0.25) is 5.91 Å². The van der Waals surface area contributed by atoms with E-state index >= 15 is 0 Å². The highest BCUT2D eigenvalue weighted by molar-refractivity contribution is 5.83. The van der Waals surface area contributed by atoms with Gasteiger partial charge in [-0.3, -0.25) is 9.59 Å². The molecule has 108 valence electrons. The van der Waals surface area contributed by atoms with Gasteiger partial charge in [-0.2, -0.15) is 0 Å². The van der Waals surface area contributed by atoms with Crippen LogP contribution in [0.2, 0.25) is 0 Å². The number of carboxylic acid groups (broad SMARTS) is 1. The first kappa shape index (κ1) is 14.6. The summed E-state index contributed by atoms with van der Waals surface area (Å²) < 4.78 is 0. The number of amides is 1. The number of carboxylic acids is 1. The lowest BCUT2D eigenvalue weighted by molar-refractivity contribution is -0.138. The maximum atomic E-state index is 12.0. The molecule has 2 rings (SSSR count). The molecule has 1 fully saturated rings. The Labute approximate surface area is 119 Å². The van der Waals surface area contributed by atoms with Gasteiger partial charge in [0.15, 0.2) is 0 Å². The maximum absolute atomic E-state index is 12.0. The van der Waals surface area contributed by atoms with Crippen molar-refractivity contribution in [1.29, 1.82) is 0 Å². The topological polar surface area (TPSA) is 66.4 Å². The van der Waals surface area contributed by atoms with Crippen molar-refractivity contribution in [2.75, 3.05) is 6.54 Å². The first-order chi connectivity index (χ1) is 9.49. The van der Waals surface area contributed by atoms with Gasteiger partial charge in [-0.05, 0) is 36.3 Å². The van der Waals surface area contributed by atoms with E-state index in [4.69, 9.17) is 5.11 Å². The van der Waals surface area contributed by atoms with Crippen LogP contribution in [0.15, 0.2) is 24.3 Å². The van der Waals surface area contributed by atoms with Crippen molar-refractivity contribution in [3.05, 3.63) is 35.4 Å². The van der Waals surface area contributed by atoms with Gasteiger partial charge in [-0.25, -0.2) is 0 Å². The molecule has 0 bridgehead atoms. The fourth-order valence-corrected chi connectivity index (χ4v) is 2.61. The second-order valence-electron chi connectivity index (χ2n) is 5.75. The molecule has 20 heavy (non-hydrogen) atoms. The Morgan fingerprint density at radius 3 is 2.75 bits per heavy atom. The summed E-state index contributed by atoms with van der Waals surface area (Å²) in [6.07, 6.45) is 0.982. The summed E-state index contributed by atoms with van der Waals surface area (Å²) in [7, 11) is 0. The van der Waals surface area contributed by atoms with Gasteiger partial charge in [0.05, 0.1) is 0 Å². The van der Waals surface area contributed by atoms with Crippen LogP contribution in [0.5, 0.6) is 0 Å². The van der Waals surface area contributed by atoms with Crippen LogP contribution in [0.4, 0.5) is 0 Å². The van der Waals surface area contributed by atoms with Crippen LogP contribution in [0.3, 0.4) is 0 Å². The van der Waals surface area contributed by atoms with Crippen molar-refractivity contribution in [1.82, 2.24) is 5.32 Å². The lowest BCUT2D eigenvalue weighted by Crippen LogP contribution is -2.30. The molecule has 4 heteroatoms. The van der Waals surface area contributed by atoms with E-state index < -0.39 is 5.97 Å².